The second-order valence-corrected chi connectivity index (χ2v) is 4.67. The maximum atomic E-state index is 11.7. The third-order valence-corrected chi connectivity index (χ3v) is 2.87. The van der Waals surface area contributed by atoms with Gasteiger partial charge in [0, 0.05) is 13.7 Å². The average Bonchev–Trinajstić information content (AvgIpc) is 2.17. The number of rotatable bonds is 4. The second-order valence-electron chi connectivity index (χ2n) is 4.67. The highest BCUT2D eigenvalue weighted by Gasteiger charge is 2.28. The lowest BCUT2D eigenvalue weighted by Gasteiger charge is -2.27. The van der Waals surface area contributed by atoms with Crippen molar-refractivity contribution >= 4 is 5.97 Å². The topological polar surface area (TPSA) is 35.5 Å². The highest BCUT2D eigenvalue weighted by Crippen LogP contribution is 2.30. The van der Waals surface area contributed by atoms with E-state index in [4.69, 9.17) is 9.47 Å². The van der Waals surface area contributed by atoms with Crippen LogP contribution >= 0.6 is 0 Å². The molecule has 0 unspecified atom stereocenters. The number of carbonyl (C=O) groups excluding carboxylic acids is 1. The standard InChI is InChI=1S/C12H22O3/c1-9(2)15-12(13)11-6-4-5-10(7-11)8-14-3/h9-11H,4-8H2,1-3H3/t10-,11+/m0/s1. The fraction of sp³-hybridized carbons (Fsp3) is 0.917. The van der Waals surface area contributed by atoms with Crippen LogP contribution in [0.1, 0.15) is 39.5 Å². The summed E-state index contributed by atoms with van der Waals surface area (Å²) >= 11 is 0. The summed E-state index contributed by atoms with van der Waals surface area (Å²) in [6, 6.07) is 0. The lowest BCUT2D eigenvalue weighted by atomic mass is 9.82. The van der Waals surface area contributed by atoms with Crippen molar-refractivity contribution in [1.82, 2.24) is 0 Å². The van der Waals surface area contributed by atoms with Crippen molar-refractivity contribution in [2.45, 2.75) is 45.6 Å². The normalized spacial score (nSPS) is 26.7. The Balaban J connectivity index is 2.38. The van der Waals surface area contributed by atoms with Gasteiger partial charge in [0.1, 0.15) is 0 Å². The van der Waals surface area contributed by atoms with Gasteiger partial charge >= 0.3 is 5.97 Å². The van der Waals surface area contributed by atoms with Crippen LogP contribution in [0.3, 0.4) is 0 Å². The number of methoxy groups -OCH3 is 1. The predicted molar refractivity (Wildman–Crippen MR) is 58.6 cm³/mol. The molecule has 1 rings (SSSR count). The predicted octanol–water partition coefficient (Wildman–Crippen LogP) is 2.39. The van der Waals surface area contributed by atoms with Crippen LogP contribution < -0.4 is 0 Å². The largest absolute Gasteiger partial charge is 0.463 e. The maximum Gasteiger partial charge on any atom is 0.309 e. The first-order valence-corrected chi connectivity index (χ1v) is 5.83. The molecule has 1 saturated carbocycles. The van der Waals surface area contributed by atoms with E-state index in [2.05, 4.69) is 0 Å². The van der Waals surface area contributed by atoms with E-state index in [1.54, 1.807) is 7.11 Å². The summed E-state index contributed by atoms with van der Waals surface area (Å²) in [4.78, 5) is 11.7. The van der Waals surface area contributed by atoms with Gasteiger partial charge in [-0.15, -0.1) is 0 Å². The number of carbonyl (C=O) groups is 1. The van der Waals surface area contributed by atoms with E-state index in [0.29, 0.717) is 5.92 Å². The minimum atomic E-state index is -0.0224. The van der Waals surface area contributed by atoms with Crippen molar-refractivity contribution in [3.8, 4) is 0 Å². The van der Waals surface area contributed by atoms with Gasteiger partial charge in [-0.05, 0) is 39.0 Å². The molecule has 88 valence electrons. The van der Waals surface area contributed by atoms with Gasteiger partial charge in [0.05, 0.1) is 12.0 Å². The van der Waals surface area contributed by atoms with Crippen LogP contribution in [0.5, 0.6) is 0 Å². The first-order valence-electron chi connectivity index (χ1n) is 5.83. The second kappa shape index (κ2) is 6.11. The molecule has 1 aliphatic carbocycles. The van der Waals surface area contributed by atoms with Crippen molar-refractivity contribution in [3.63, 3.8) is 0 Å². The Morgan fingerprint density at radius 1 is 1.40 bits per heavy atom. The molecule has 0 aliphatic heterocycles. The van der Waals surface area contributed by atoms with E-state index >= 15 is 0 Å². The number of hydrogen-bond donors (Lipinski definition) is 0. The zero-order valence-electron chi connectivity index (χ0n) is 9.99. The molecule has 0 aromatic rings. The molecule has 1 fully saturated rings. The van der Waals surface area contributed by atoms with Crippen LogP contribution in [0.2, 0.25) is 0 Å². The molecule has 0 heterocycles. The van der Waals surface area contributed by atoms with E-state index in [-0.39, 0.29) is 18.0 Å². The molecule has 3 heteroatoms. The summed E-state index contributed by atoms with van der Waals surface area (Å²) in [5.41, 5.74) is 0. The lowest BCUT2D eigenvalue weighted by Crippen LogP contribution is -2.28. The summed E-state index contributed by atoms with van der Waals surface area (Å²) in [5, 5.41) is 0. The molecule has 2 atom stereocenters. The summed E-state index contributed by atoms with van der Waals surface area (Å²) in [6.07, 6.45) is 4.20. The first-order chi connectivity index (χ1) is 7.13. The zero-order valence-corrected chi connectivity index (χ0v) is 9.99. The summed E-state index contributed by atoms with van der Waals surface area (Å²) in [7, 11) is 1.72. The Bertz CT molecular complexity index is 199. The Labute approximate surface area is 92.1 Å². The van der Waals surface area contributed by atoms with E-state index in [1.165, 1.54) is 6.42 Å². The molecule has 0 aromatic heterocycles. The van der Waals surface area contributed by atoms with Gasteiger partial charge < -0.3 is 9.47 Å². The van der Waals surface area contributed by atoms with E-state index in [9.17, 15) is 4.79 Å². The summed E-state index contributed by atoms with van der Waals surface area (Å²) < 4.78 is 10.4. The van der Waals surface area contributed by atoms with Crippen LogP contribution in [-0.4, -0.2) is 25.8 Å². The molecule has 0 radical (unpaired) electrons. The molecule has 0 bridgehead atoms. The molecule has 3 nitrogen and oxygen atoms in total. The van der Waals surface area contributed by atoms with Gasteiger partial charge in [0.25, 0.3) is 0 Å². The molecule has 0 spiro atoms. The molecule has 15 heavy (non-hydrogen) atoms. The van der Waals surface area contributed by atoms with Crippen LogP contribution in [-0.2, 0) is 14.3 Å². The monoisotopic (exact) mass is 214 g/mol. The quantitative estimate of drug-likeness (QED) is 0.674. The Morgan fingerprint density at radius 2 is 2.13 bits per heavy atom. The van der Waals surface area contributed by atoms with Gasteiger partial charge in [-0.2, -0.15) is 0 Å². The molecule has 0 amide bonds. The van der Waals surface area contributed by atoms with Crippen molar-refractivity contribution in [2.24, 2.45) is 11.8 Å². The Kier molecular flexibility index (Phi) is 5.09. The minimum Gasteiger partial charge on any atom is -0.463 e. The van der Waals surface area contributed by atoms with Gasteiger partial charge in [-0.1, -0.05) is 6.42 Å². The smallest absolute Gasteiger partial charge is 0.309 e. The van der Waals surface area contributed by atoms with Crippen molar-refractivity contribution < 1.29 is 14.3 Å². The summed E-state index contributed by atoms with van der Waals surface area (Å²) in [5.74, 6) is 0.612. The number of ether oxygens (including phenoxy) is 2. The zero-order chi connectivity index (χ0) is 11.3. The van der Waals surface area contributed by atoms with Crippen LogP contribution in [0.25, 0.3) is 0 Å². The van der Waals surface area contributed by atoms with Crippen LogP contribution in [0.4, 0.5) is 0 Å². The molecular formula is C12H22O3. The van der Waals surface area contributed by atoms with E-state index in [1.807, 2.05) is 13.8 Å². The maximum absolute atomic E-state index is 11.7. The molecule has 0 saturated heterocycles. The Hall–Kier alpha value is -0.570. The number of esters is 1. The van der Waals surface area contributed by atoms with Crippen molar-refractivity contribution in [2.75, 3.05) is 13.7 Å². The molecule has 1 aliphatic rings. The fourth-order valence-electron chi connectivity index (χ4n) is 2.22. The van der Waals surface area contributed by atoms with Gasteiger partial charge in [-0.3, -0.25) is 4.79 Å². The number of hydrogen-bond acceptors (Lipinski definition) is 3. The molecule has 0 aromatic carbocycles. The third kappa shape index (κ3) is 4.20. The fourth-order valence-corrected chi connectivity index (χ4v) is 2.22. The summed E-state index contributed by atoms with van der Waals surface area (Å²) in [6.45, 7) is 4.56. The van der Waals surface area contributed by atoms with Gasteiger partial charge in [-0.25, -0.2) is 0 Å². The average molecular weight is 214 g/mol. The highest BCUT2D eigenvalue weighted by atomic mass is 16.5. The highest BCUT2D eigenvalue weighted by molar-refractivity contribution is 5.72. The molecule has 0 N–H and O–H groups in total. The van der Waals surface area contributed by atoms with E-state index < -0.39 is 0 Å². The van der Waals surface area contributed by atoms with Gasteiger partial charge in [0.2, 0.25) is 0 Å². The first kappa shape index (κ1) is 12.5. The van der Waals surface area contributed by atoms with Crippen molar-refractivity contribution in [3.05, 3.63) is 0 Å². The molecular weight excluding hydrogens is 192 g/mol. The van der Waals surface area contributed by atoms with Crippen LogP contribution in [0.15, 0.2) is 0 Å². The SMILES string of the molecule is COC[C@H]1CCC[C@@H](C(=O)OC(C)C)C1. The van der Waals surface area contributed by atoms with Crippen molar-refractivity contribution in [1.29, 1.82) is 0 Å². The third-order valence-electron chi connectivity index (χ3n) is 2.87. The lowest BCUT2D eigenvalue weighted by molar-refractivity contribution is -0.154. The Morgan fingerprint density at radius 3 is 2.73 bits per heavy atom. The van der Waals surface area contributed by atoms with Gasteiger partial charge in [0.15, 0.2) is 0 Å². The van der Waals surface area contributed by atoms with E-state index in [0.717, 1.165) is 25.9 Å². The van der Waals surface area contributed by atoms with Crippen LogP contribution in [0, 0.1) is 11.8 Å². The minimum absolute atomic E-state index is 0.000279.